The van der Waals surface area contributed by atoms with E-state index >= 15 is 0 Å². The Hall–Kier alpha value is -0.480. The maximum atomic E-state index is 6.23. The Bertz CT molecular complexity index is 439. The first-order valence-electron chi connectivity index (χ1n) is 7.38. The van der Waals surface area contributed by atoms with Crippen LogP contribution >= 0.6 is 23.2 Å². The van der Waals surface area contributed by atoms with Crippen molar-refractivity contribution < 1.29 is 9.47 Å². The standard InChI is InChI=1S/C16H25Cl2NO2/c1-4-14(19)8-12-7-13(17)9-15(18)16(12)21-6-5-20-10-11(2)3/h7,9,11,14H,4-6,8,10,19H2,1-3H3. The van der Waals surface area contributed by atoms with Gasteiger partial charge in [-0.05, 0) is 36.5 Å². The van der Waals surface area contributed by atoms with E-state index in [1.54, 1.807) is 6.07 Å². The minimum absolute atomic E-state index is 0.0686. The fourth-order valence-electron chi connectivity index (χ4n) is 1.88. The molecule has 0 amide bonds. The number of hydrogen-bond donors (Lipinski definition) is 1. The van der Waals surface area contributed by atoms with Crippen LogP contribution < -0.4 is 10.5 Å². The van der Waals surface area contributed by atoms with Gasteiger partial charge in [0.1, 0.15) is 12.4 Å². The molecule has 1 unspecified atom stereocenters. The summed E-state index contributed by atoms with van der Waals surface area (Å²) in [5.41, 5.74) is 6.97. The largest absolute Gasteiger partial charge is 0.489 e. The third kappa shape index (κ3) is 6.88. The molecule has 0 saturated heterocycles. The lowest BCUT2D eigenvalue weighted by Gasteiger charge is -2.16. The van der Waals surface area contributed by atoms with Crippen molar-refractivity contribution >= 4 is 23.2 Å². The van der Waals surface area contributed by atoms with Crippen molar-refractivity contribution in [2.75, 3.05) is 19.8 Å². The average Bonchev–Trinajstić information content (AvgIpc) is 2.40. The summed E-state index contributed by atoms with van der Waals surface area (Å²) in [7, 11) is 0. The van der Waals surface area contributed by atoms with E-state index in [9.17, 15) is 0 Å². The van der Waals surface area contributed by atoms with Gasteiger partial charge in [-0.1, -0.05) is 44.0 Å². The van der Waals surface area contributed by atoms with Gasteiger partial charge in [-0.3, -0.25) is 0 Å². The van der Waals surface area contributed by atoms with Crippen LogP contribution in [0, 0.1) is 5.92 Å². The molecule has 0 fully saturated rings. The van der Waals surface area contributed by atoms with Gasteiger partial charge in [0.25, 0.3) is 0 Å². The molecule has 0 bridgehead atoms. The fraction of sp³-hybridized carbons (Fsp3) is 0.625. The Morgan fingerprint density at radius 1 is 1.19 bits per heavy atom. The molecule has 3 nitrogen and oxygen atoms in total. The molecule has 1 aromatic rings. The third-order valence-electron chi connectivity index (χ3n) is 3.02. The molecule has 2 N–H and O–H groups in total. The molecule has 0 aliphatic carbocycles. The summed E-state index contributed by atoms with van der Waals surface area (Å²) >= 11 is 12.3. The first-order chi connectivity index (χ1) is 9.93. The maximum absolute atomic E-state index is 6.23. The smallest absolute Gasteiger partial charge is 0.141 e. The molecule has 21 heavy (non-hydrogen) atoms. The van der Waals surface area contributed by atoms with Crippen LogP contribution in [0.5, 0.6) is 5.75 Å². The van der Waals surface area contributed by atoms with E-state index in [0.29, 0.717) is 41.3 Å². The van der Waals surface area contributed by atoms with Crippen molar-refractivity contribution in [1.29, 1.82) is 0 Å². The summed E-state index contributed by atoms with van der Waals surface area (Å²) in [5, 5.41) is 1.12. The van der Waals surface area contributed by atoms with Crippen molar-refractivity contribution in [2.24, 2.45) is 11.7 Å². The third-order valence-corrected chi connectivity index (χ3v) is 3.52. The molecule has 1 rings (SSSR count). The maximum Gasteiger partial charge on any atom is 0.141 e. The van der Waals surface area contributed by atoms with Crippen LogP contribution in [0.1, 0.15) is 32.8 Å². The molecule has 5 heteroatoms. The van der Waals surface area contributed by atoms with Crippen LogP contribution in [0.2, 0.25) is 10.0 Å². The highest BCUT2D eigenvalue weighted by molar-refractivity contribution is 6.35. The summed E-state index contributed by atoms with van der Waals surface area (Å²) in [5.74, 6) is 1.18. The van der Waals surface area contributed by atoms with Gasteiger partial charge in [0, 0.05) is 17.7 Å². The van der Waals surface area contributed by atoms with Crippen LogP contribution in [0.15, 0.2) is 12.1 Å². The van der Waals surface area contributed by atoms with E-state index in [2.05, 4.69) is 20.8 Å². The fourth-order valence-corrected chi connectivity index (χ4v) is 2.47. The van der Waals surface area contributed by atoms with Crippen molar-refractivity contribution in [3.63, 3.8) is 0 Å². The predicted octanol–water partition coefficient (Wildman–Crippen LogP) is 4.32. The molecule has 120 valence electrons. The van der Waals surface area contributed by atoms with E-state index in [1.807, 2.05) is 6.07 Å². The molecule has 0 heterocycles. The van der Waals surface area contributed by atoms with Gasteiger partial charge in [0.2, 0.25) is 0 Å². The minimum atomic E-state index is 0.0686. The average molecular weight is 334 g/mol. The molecule has 0 aliphatic heterocycles. The Balaban J connectivity index is 2.66. The normalized spacial score (nSPS) is 12.7. The number of halogens is 2. The summed E-state index contributed by atoms with van der Waals surface area (Å²) in [6.07, 6.45) is 1.58. The second kappa shape index (κ2) is 9.52. The van der Waals surface area contributed by atoms with Gasteiger partial charge in [-0.15, -0.1) is 0 Å². The predicted molar refractivity (Wildman–Crippen MR) is 89.6 cm³/mol. The van der Waals surface area contributed by atoms with Crippen molar-refractivity contribution in [3.05, 3.63) is 27.7 Å². The van der Waals surface area contributed by atoms with Crippen molar-refractivity contribution in [1.82, 2.24) is 0 Å². The van der Waals surface area contributed by atoms with Gasteiger partial charge in [-0.2, -0.15) is 0 Å². The Labute approximate surface area is 137 Å². The topological polar surface area (TPSA) is 44.5 Å². The lowest BCUT2D eigenvalue weighted by molar-refractivity contribution is 0.0816. The molecular weight excluding hydrogens is 309 g/mol. The molecule has 0 aromatic heterocycles. The van der Waals surface area contributed by atoms with Crippen molar-refractivity contribution in [3.8, 4) is 5.75 Å². The summed E-state index contributed by atoms with van der Waals surface area (Å²) in [4.78, 5) is 0. The lowest BCUT2D eigenvalue weighted by Crippen LogP contribution is -2.22. The number of hydrogen-bond acceptors (Lipinski definition) is 3. The van der Waals surface area contributed by atoms with Crippen LogP contribution in [0.25, 0.3) is 0 Å². The highest BCUT2D eigenvalue weighted by Crippen LogP contribution is 2.33. The van der Waals surface area contributed by atoms with Gasteiger partial charge < -0.3 is 15.2 Å². The van der Waals surface area contributed by atoms with Gasteiger partial charge in [-0.25, -0.2) is 0 Å². The molecule has 0 radical (unpaired) electrons. The van der Waals surface area contributed by atoms with E-state index in [0.717, 1.165) is 18.6 Å². The lowest BCUT2D eigenvalue weighted by atomic mass is 10.0. The zero-order valence-corrected chi connectivity index (χ0v) is 14.5. The van der Waals surface area contributed by atoms with Gasteiger partial charge >= 0.3 is 0 Å². The number of rotatable bonds is 9. The monoisotopic (exact) mass is 333 g/mol. The quantitative estimate of drug-likeness (QED) is 0.684. The Kier molecular flexibility index (Phi) is 8.42. The number of ether oxygens (including phenoxy) is 2. The minimum Gasteiger partial charge on any atom is -0.489 e. The Morgan fingerprint density at radius 2 is 1.90 bits per heavy atom. The second-order valence-electron chi connectivity index (χ2n) is 5.57. The molecule has 1 aromatic carbocycles. The molecule has 0 saturated carbocycles. The van der Waals surface area contributed by atoms with E-state index in [4.69, 9.17) is 38.4 Å². The second-order valence-corrected chi connectivity index (χ2v) is 6.41. The zero-order valence-electron chi connectivity index (χ0n) is 13.0. The molecule has 1 atom stereocenters. The first-order valence-corrected chi connectivity index (χ1v) is 8.13. The van der Waals surface area contributed by atoms with Crippen LogP contribution in [0.4, 0.5) is 0 Å². The van der Waals surface area contributed by atoms with Crippen LogP contribution in [0.3, 0.4) is 0 Å². The van der Waals surface area contributed by atoms with Crippen LogP contribution in [-0.2, 0) is 11.2 Å². The molecular formula is C16H25Cl2NO2. The number of benzene rings is 1. The summed E-state index contributed by atoms with van der Waals surface area (Å²) < 4.78 is 11.3. The molecule has 0 aliphatic rings. The first kappa shape index (κ1) is 18.6. The van der Waals surface area contributed by atoms with Crippen molar-refractivity contribution in [2.45, 2.75) is 39.7 Å². The van der Waals surface area contributed by atoms with E-state index in [1.165, 1.54) is 0 Å². The van der Waals surface area contributed by atoms with Crippen LogP contribution in [-0.4, -0.2) is 25.9 Å². The number of nitrogens with two attached hydrogens (primary N) is 1. The highest BCUT2D eigenvalue weighted by Gasteiger charge is 2.13. The Morgan fingerprint density at radius 3 is 2.52 bits per heavy atom. The van der Waals surface area contributed by atoms with Gasteiger partial charge in [0.05, 0.1) is 11.6 Å². The summed E-state index contributed by atoms with van der Waals surface area (Å²) in [6.45, 7) is 8.00. The van der Waals surface area contributed by atoms with E-state index in [-0.39, 0.29) is 6.04 Å². The zero-order chi connectivity index (χ0) is 15.8. The molecule has 0 spiro atoms. The highest BCUT2D eigenvalue weighted by atomic mass is 35.5. The summed E-state index contributed by atoms with van der Waals surface area (Å²) in [6, 6.07) is 3.63. The van der Waals surface area contributed by atoms with Gasteiger partial charge in [0.15, 0.2) is 0 Å². The SMILES string of the molecule is CCC(N)Cc1cc(Cl)cc(Cl)c1OCCOCC(C)C. The van der Waals surface area contributed by atoms with E-state index < -0.39 is 0 Å².